The number of halogens is 3. The number of carboxylic acids is 1. The van der Waals surface area contributed by atoms with E-state index in [0.717, 1.165) is 6.08 Å². The number of benzene rings is 1. The molecule has 1 aliphatic rings. The van der Waals surface area contributed by atoms with Crippen LogP contribution in [0.25, 0.3) is 6.08 Å². The van der Waals surface area contributed by atoms with Crippen molar-refractivity contribution >= 4 is 12.0 Å². The van der Waals surface area contributed by atoms with Crippen LogP contribution in [0.15, 0.2) is 29.8 Å². The van der Waals surface area contributed by atoms with E-state index in [1.165, 1.54) is 24.3 Å². The Labute approximate surface area is 98.9 Å². The summed E-state index contributed by atoms with van der Waals surface area (Å²) in [4.78, 5) is 10.8. The monoisotopic (exact) mass is 260 g/mol. The van der Waals surface area contributed by atoms with Gasteiger partial charge in [0, 0.05) is 5.56 Å². The van der Waals surface area contributed by atoms with E-state index in [0.29, 0.717) is 0 Å². The molecule has 1 aromatic rings. The number of aliphatic carboxylic acids is 1. The van der Waals surface area contributed by atoms with E-state index in [1.54, 1.807) is 0 Å². The number of alkyl halides is 3. The zero-order valence-corrected chi connectivity index (χ0v) is 8.73. The Morgan fingerprint density at radius 2 is 1.89 bits per heavy atom. The van der Waals surface area contributed by atoms with E-state index in [-0.39, 0.29) is 11.3 Å². The quantitative estimate of drug-likeness (QED) is 0.808. The fourth-order valence-corrected chi connectivity index (χ4v) is 1.58. The van der Waals surface area contributed by atoms with E-state index in [1.807, 2.05) is 0 Å². The van der Waals surface area contributed by atoms with Crippen LogP contribution in [-0.2, 0) is 4.79 Å². The number of hydrogen-bond donors (Lipinski definition) is 2. The third kappa shape index (κ3) is 1.72. The molecular formula is C11H7F3O4. The number of carbonyl (C=O) groups is 1. The van der Waals surface area contributed by atoms with E-state index < -0.39 is 23.5 Å². The van der Waals surface area contributed by atoms with Gasteiger partial charge in [0.25, 0.3) is 0 Å². The van der Waals surface area contributed by atoms with Crippen molar-refractivity contribution in [3.63, 3.8) is 0 Å². The van der Waals surface area contributed by atoms with Crippen LogP contribution >= 0.6 is 0 Å². The van der Waals surface area contributed by atoms with E-state index in [9.17, 15) is 23.1 Å². The van der Waals surface area contributed by atoms with Gasteiger partial charge in [0.15, 0.2) is 0 Å². The highest BCUT2D eigenvalue weighted by Crippen LogP contribution is 2.43. The van der Waals surface area contributed by atoms with Gasteiger partial charge in [-0.05, 0) is 12.1 Å². The van der Waals surface area contributed by atoms with Crippen LogP contribution in [0.5, 0.6) is 5.75 Å². The minimum absolute atomic E-state index is 0.156. The first-order valence-electron chi connectivity index (χ1n) is 4.78. The van der Waals surface area contributed by atoms with Crippen LogP contribution in [0.4, 0.5) is 13.2 Å². The van der Waals surface area contributed by atoms with Gasteiger partial charge in [-0.2, -0.15) is 13.2 Å². The molecule has 0 fully saturated rings. The smallest absolute Gasteiger partial charge is 0.460 e. The molecule has 0 aromatic heterocycles. The summed E-state index contributed by atoms with van der Waals surface area (Å²) >= 11 is 0. The Hall–Kier alpha value is -2.02. The number of aliphatic hydroxyl groups is 1. The van der Waals surface area contributed by atoms with Crippen molar-refractivity contribution in [1.82, 2.24) is 0 Å². The molecular weight excluding hydrogens is 253 g/mol. The number of rotatable bonds is 1. The molecule has 1 aromatic carbocycles. The van der Waals surface area contributed by atoms with Gasteiger partial charge in [0.05, 0.1) is 0 Å². The third-order valence-electron chi connectivity index (χ3n) is 2.46. The molecule has 1 atom stereocenters. The highest BCUT2D eigenvalue weighted by molar-refractivity contribution is 5.95. The average molecular weight is 260 g/mol. The second-order valence-corrected chi connectivity index (χ2v) is 3.64. The summed E-state index contributed by atoms with van der Waals surface area (Å²) < 4.78 is 42.7. The lowest BCUT2D eigenvalue weighted by molar-refractivity contribution is -0.316. The Morgan fingerprint density at radius 1 is 1.28 bits per heavy atom. The van der Waals surface area contributed by atoms with Gasteiger partial charge in [-0.15, -0.1) is 0 Å². The molecule has 0 saturated carbocycles. The summed E-state index contributed by atoms with van der Waals surface area (Å²) in [7, 11) is 0. The predicted octanol–water partition coefficient (Wildman–Crippen LogP) is 1.80. The molecule has 96 valence electrons. The van der Waals surface area contributed by atoms with Gasteiger partial charge in [0.1, 0.15) is 11.3 Å². The van der Waals surface area contributed by atoms with Crippen LogP contribution in [0, 0.1) is 0 Å². The molecule has 0 spiro atoms. The minimum Gasteiger partial charge on any atom is -0.478 e. The zero-order chi connectivity index (χ0) is 13.6. The number of fused-ring (bicyclic) bond motifs is 1. The van der Waals surface area contributed by atoms with Gasteiger partial charge in [-0.1, -0.05) is 18.2 Å². The molecule has 0 saturated heterocycles. The van der Waals surface area contributed by atoms with Gasteiger partial charge >= 0.3 is 17.9 Å². The average Bonchev–Trinajstić information content (AvgIpc) is 2.26. The first kappa shape index (κ1) is 12.4. The third-order valence-corrected chi connectivity index (χ3v) is 2.46. The SMILES string of the molecule is O=C(O)C1=Cc2ccccc2O[C@@]1(O)C(F)(F)F. The predicted molar refractivity (Wildman–Crippen MR) is 53.7 cm³/mol. The molecule has 1 aliphatic heterocycles. The van der Waals surface area contributed by atoms with Crippen molar-refractivity contribution in [2.24, 2.45) is 0 Å². The van der Waals surface area contributed by atoms with Crippen LogP contribution in [-0.4, -0.2) is 28.1 Å². The van der Waals surface area contributed by atoms with Crippen LogP contribution in [0.1, 0.15) is 5.56 Å². The zero-order valence-electron chi connectivity index (χ0n) is 8.73. The van der Waals surface area contributed by atoms with Gasteiger partial charge in [-0.25, -0.2) is 4.79 Å². The maximum Gasteiger partial charge on any atom is 0.460 e. The van der Waals surface area contributed by atoms with Crippen LogP contribution < -0.4 is 4.74 Å². The van der Waals surface area contributed by atoms with E-state index >= 15 is 0 Å². The maximum atomic E-state index is 12.8. The first-order valence-corrected chi connectivity index (χ1v) is 4.78. The number of carboxylic acid groups (broad SMARTS) is 1. The highest BCUT2D eigenvalue weighted by Gasteiger charge is 2.62. The summed E-state index contributed by atoms with van der Waals surface area (Å²) in [5.74, 6) is -5.97. The molecule has 0 aliphatic carbocycles. The van der Waals surface area contributed by atoms with Crippen molar-refractivity contribution in [2.45, 2.75) is 12.0 Å². The van der Waals surface area contributed by atoms with Gasteiger partial charge in [0.2, 0.25) is 0 Å². The van der Waals surface area contributed by atoms with Crippen LogP contribution in [0.3, 0.4) is 0 Å². The number of para-hydroxylation sites is 1. The van der Waals surface area contributed by atoms with Crippen molar-refractivity contribution in [3.8, 4) is 5.75 Å². The maximum absolute atomic E-state index is 12.8. The summed E-state index contributed by atoms with van der Waals surface area (Å²) in [6.07, 6.45) is -4.51. The van der Waals surface area contributed by atoms with Gasteiger partial charge in [-0.3, -0.25) is 0 Å². The molecule has 0 radical (unpaired) electrons. The van der Waals surface area contributed by atoms with E-state index in [2.05, 4.69) is 4.74 Å². The molecule has 0 amide bonds. The Balaban J connectivity index is 2.63. The lowest BCUT2D eigenvalue weighted by atomic mass is 9.98. The van der Waals surface area contributed by atoms with Crippen molar-refractivity contribution in [3.05, 3.63) is 35.4 Å². The minimum atomic E-state index is -5.26. The lowest BCUT2D eigenvalue weighted by Gasteiger charge is -2.34. The molecule has 2 N–H and O–H groups in total. The lowest BCUT2D eigenvalue weighted by Crippen LogP contribution is -2.54. The Bertz CT molecular complexity index is 535. The highest BCUT2D eigenvalue weighted by atomic mass is 19.4. The normalized spacial score (nSPS) is 22.8. The van der Waals surface area contributed by atoms with Crippen molar-refractivity contribution < 1.29 is 32.9 Å². The summed E-state index contributed by atoms with van der Waals surface area (Å²) in [6, 6.07) is 5.51. The Kier molecular flexibility index (Phi) is 2.58. The largest absolute Gasteiger partial charge is 0.478 e. The second kappa shape index (κ2) is 3.74. The van der Waals surface area contributed by atoms with Crippen LogP contribution in [0.2, 0.25) is 0 Å². The molecule has 4 nitrogen and oxygen atoms in total. The molecule has 18 heavy (non-hydrogen) atoms. The summed E-state index contributed by atoms with van der Waals surface area (Å²) in [5.41, 5.74) is -1.11. The van der Waals surface area contributed by atoms with Crippen molar-refractivity contribution in [2.75, 3.05) is 0 Å². The molecule has 1 heterocycles. The van der Waals surface area contributed by atoms with Crippen molar-refractivity contribution in [1.29, 1.82) is 0 Å². The first-order chi connectivity index (χ1) is 8.25. The van der Waals surface area contributed by atoms with E-state index in [4.69, 9.17) is 5.11 Å². The fraction of sp³-hybridized carbons (Fsp3) is 0.182. The molecule has 7 heteroatoms. The topological polar surface area (TPSA) is 66.8 Å². The molecule has 2 rings (SSSR count). The molecule has 0 bridgehead atoms. The Morgan fingerprint density at radius 3 is 2.44 bits per heavy atom. The van der Waals surface area contributed by atoms with Gasteiger partial charge < -0.3 is 14.9 Å². The second-order valence-electron chi connectivity index (χ2n) is 3.64. The number of ether oxygens (including phenoxy) is 1. The summed E-state index contributed by atoms with van der Waals surface area (Å²) in [5, 5.41) is 18.2. The standard InChI is InChI=1S/C11H7F3O4/c12-11(13,14)10(17)7(9(15)16)5-6-3-1-2-4-8(6)18-10/h1-5,17H,(H,15,16)/t10-/m1/s1. The number of hydrogen-bond acceptors (Lipinski definition) is 3. The summed E-state index contributed by atoms with van der Waals surface area (Å²) in [6.45, 7) is 0. The fourth-order valence-electron chi connectivity index (χ4n) is 1.58. The molecule has 0 unspecified atom stereocenters.